The molecule has 1 N–H and O–H groups in total. The van der Waals surface area contributed by atoms with Gasteiger partial charge in [0.1, 0.15) is 11.9 Å². The van der Waals surface area contributed by atoms with Gasteiger partial charge in [0.05, 0.1) is 18.7 Å². The average Bonchev–Trinajstić information content (AvgIpc) is 2.67. The largest absolute Gasteiger partial charge is 0.370 e. The lowest BCUT2D eigenvalue weighted by atomic mass is 9.99. The molecule has 5 nitrogen and oxygen atoms in total. The summed E-state index contributed by atoms with van der Waals surface area (Å²) in [6, 6.07) is 10.5. The number of rotatable bonds is 2. The fraction of sp³-hybridized carbons (Fsp3) is 0.300. The van der Waals surface area contributed by atoms with Gasteiger partial charge in [-0.3, -0.25) is 9.59 Å². The minimum absolute atomic E-state index is 0.0395. The maximum atomic E-state index is 14.6. The first kappa shape index (κ1) is 18.1. The standard InChI is InChI=1S/C20H18BrFN2O3/c21-15-4-2-1-3-13(15)18-11-24(7-8-27-18)20(26)14-9-12-5-6-19(25)23-17(12)10-16(14)22/h1-4,9-10,18H,5-8,11H2,(H,23,25). The van der Waals surface area contributed by atoms with Crippen molar-refractivity contribution in [1.82, 2.24) is 4.90 Å². The molecule has 2 heterocycles. The van der Waals surface area contributed by atoms with Crippen molar-refractivity contribution < 1.29 is 18.7 Å². The first-order chi connectivity index (χ1) is 13.0. The van der Waals surface area contributed by atoms with E-state index in [9.17, 15) is 14.0 Å². The molecule has 0 saturated carbocycles. The normalized spacial score (nSPS) is 19.4. The molecule has 2 aliphatic rings. The summed E-state index contributed by atoms with van der Waals surface area (Å²) in [7, 11) is 0. The van der Waals surface area contributed by atoms with Crippen molar-refractivity contribution >= 4 is 33.4 Å². The van der Waals surface area contributed by atoms with E-state index in [1.807, 2.05) is 24.3 Å². The fourth-order valence-electron chi connectivity index (χ4n) is 3.49. The molecule has 7 heteroatoms. The minimum Gasteiger partial charge on any atom is -0.370 e. The Morgan fingerprint density at radius 2 is 2.07 bits per heavy atom. The van der Waals surface area contributed by atoms with Gasteiger partial charge in [0.25, 0.3) is 5.91 Å². The molecular formula is C20H18BrFN2O3. The highest BCUT2D eigenvalue weighted by Crippen LogP contribution is 2.31. The zero-order valence-electron chi connectivity index (χ0n) is 14.5. The average molecular weight is 433 g/mol. The summed E-state index contributed by atoms with van der Waals surface area (Å²) in [5.74, 6) is -1.11. The van der Waals surface area contributed by atoms with Crippen LogP contribution in [0.5, 0.6) is 0 Å². The van der Waals surface area contributed by atoms with Crippen molar-refractivity contribution in [3.8, 4) is 0 Å². The Morgan fingerprint density at radius 3 is 2.89 bits per heavy atom. The second kappa shape index (κ2) is 7.40. The molecule has 2 aromatic rings. The van der Waals surface area contributed by atoms with E-state index in [0.29, 0.717) is 38.2 Å². The molecule has 4 rings (SSSR count). The zero-order valence-corrected chi connectivity index (χ0v) is 16.1. The SMILES string of the molecule is O=C1CCc2cc(C(=O)N3CCOC(c4ccccc4Br)C3)c(F)cc2N1. The van der Waals surface area contributed by atoms with Gasteiger partial charge in [-0.25, -0.2) is 4.39 Å². The molecular weight excluding hydrogens is 415 g/mol. The Morgan fingerprint density at radius 1 is 1.26 bits per heavy atom. The quantitative estimate of drug-likeness (QED) is 0.786. The molecule has 1 unspecified atom stereocenters. The lowest BCUT2D eigenvalue weighted by molar-refractivity contribution is -0.116. The van der Waals surface area contributed by atoms with Crippen LogP contribution in [0, 0.1) is 5.82 Å². The van der Waals surface area contributed by atoms with Crippen molar-refractivity contribution in [2.75, 3.05) is 25.0 Å². The number of aryl methyl sites for hydroxylation is 1. The van der Waals surface area contributed by atoms with Crippen LogP contribution in [0.25, 0.3) is 0 Å². The number of halogens is 2. The number of carbonyl (C=O) groups is 2. The number of fused-ring (bicyclic) bond motifs is 1. The Bertz CT molecular complexity index is 918. The maximum Gasteiger partial charge on any atom is 0.257 e. The van der Waals surface area contributed by atoms with Crippen molar-refractivity contribution in [3.05, 3.63) is 63.4 Å². The molecule has 0 spiro atoms. The number of carbonyl (C=O) groups excluding carboxylic acids is 2. The van der Waals surface area contributed by atoms with E-state index in [1.165, 1.54) is 6.07 Å². The number of nitrogens with one attached hydrogen (secondary N) is 1. The van der Waals surface area contributed by atoms with E-state index in [2.05, 4.69) is 21.2 Å². The van der Waals surface area contributed by atoms with Gasteiger partial charge in [0.15, 0.2) is 0 Å². The van der Waals surface area contributed by atoms with Crippen LogP contribution in [0.15, 0.2) is 40.9 Å². The summed E-state index contributed by atoms with van der Waals surface area (Å²) in [6.07, 6.45) is 0.580. The number of anilines is 1. The van der Waals surface area contributed by atoms with Crippen molar-refractivity contribution in [2.24, 2.45) is 0 Å². The molecule has 2 amide bonds. The number of hydrogen-bond acceptors (Lipinski definition) is 3. The summed E-state index contributed by atoms with van der Waals surface area (Å²) in [5.41, 5.74) is 2.24. The van der Waals surface area contributed by atoms with E-state index < -0.39 is 5.82 Å². The Balaban J connectivity index is 1.58. The second-order valence-corrected chi connectivity index (χ2v) is 7.52. The van der Waals surface area contributed by atoms with E-state index in [-0.39, 0.29) is 23.5 Å². The van der Waals surface area contributed by atoms with Crippen molar-refractivity contribution in [1.29, 1.82) is 0 Å². The number of morpholine rings is 1. The lowest BCUT2D eigenvalue weighted by Crippen LogP contribution is -2.42. The third-order valence-electron chi connectivity index (χ3n) is 4.92. The maximum absolute atomic E-state index is 14.6. The van der Waals surface area contributed by atoms with Gasteiger partial charge in [0, 0.05) is 23.1 Å². The van der Waals surface area contributed by atoms with Crippen LogP contribution >= 0.6 is 15.9 Å². The van der Waals surface area contributed by atoms with Gasteiger partial charge in [-0.05, 0) is 35.7 Å². The predicted molar refractivity (Wildman–Crippen MR) is 102 cm³/mol. The van der Waals surface area contributed by atoms with Crippen LogP contribution in [-0.4, -0.2) is 36.4 Å². The molecule has 27 heavy (non-hydrogen) atoms. The molecule has 1 saturated heterocycles. The summed E-state index contributed by atoms with van der Waals surface area (Å²) in [5, 5.41) is 2.65. The number of ether oxygens (including phenoxy) is 1. The Kier molecular flexibility index (Phi) is 4.97. The highest BCUT2D eigenvalue weighted by atomic mass is 79.9. The van der Waals surface area contributed by atoms with Gasteiger partial charge in [-0.1, -0.05) is 34.1 Å². The van der Waals surface area contributed by atoms with Crippen LogP contribution in [0.3, 0.4) is 0 Å². The molecule has 0 bridgehead atoms. The third kappa shape index (κ3) is 3.61. The highest BCUT2D eigenvalue weighted by molar-refractivity contribution is 9.10. The number of amides is 2. The molecule has 0 aliphatic carbocycles. The topological polar surface area (TPSA) is 58.6 Å². The van der Waals surface area contributed by atoms with Crippen LogP contribution < -0.4 is 5.32 Å². The van der Waals surface area contributed by atoms with E-state index in [1.54, 1.807) is 11.0 Å². The number of nitrogens with zero attached hydrogens (tertiary/aromatic N) is 1. The van der Waals surface area contributed by atoms with Gasteiger partial charge >= 0.3 is 0 Å². The van der Waals surface area contributed by atoms with Gasteiger partial charge in [-0.2, -0.15) is 0 Å². The molecule has 2 aliphatic heterocycles. The summed E-state index contributed by atoms with van der Waals surface area (Å²) >= 11 is 3.51. The monoisotopic (exact) mass is 432 g/mol. The van der Waals surface area contributed by atoms with Crippen molar-refractivity contribution in [3.63, 3.8) is 0 Å². The second-order valence-electron chi connectivity index (χ2n) is 6.67. The summed E-state index contributed by atoms with van der Waals surface area (Å²) < 4.78 is 21.3. The molecule has 0 radical (unpaired) electrons. The molecule has 0 aromatic heterocycles. The lowest BCUT2D eigenvalue weighted by Gasteiger charge is -2.34. The third-order valence-corrected chi connectivity index (χ3v) is 5.65. The van der Waals surface area contributed by atoms with Crippen LogP contribution in [0.4, 0.5) is 10.1 Å². The number of benzene rings is 2. The zero-order chi connectivity index (χ0) is 19.0. The summed E-state index contributed by atoms with van der Waals surface area (Å²) in [6.45, 7) is 1.15. The highest BCUT2D eigenvalue weighted by Gasteiger charge is 2.29. The number of hydrogen-bond donors (Lipinski definition) is 1. The predicted octanol–water partition coefficient (Wildman–Crippen LogP) is 3.69. The smallest absolute Gasteiger partial charge is 0.257 e. The molecule has 1 fully saturated rings. The van der Waals surface area contributed by atoms with Crippen LogP contribution in [0.2, 0.25) is 0 Å². The van der Waals surface area contributed by atoms with Gasteiger partial charge < -0.3 is 15.0 Å². The Labute approximate surface area is 164 Å². The minimum atomic E-state index is -0.620. The van der Waals surface area contributed by atoms with Crippen LogP contribution in [0.1, 0.15) is 34.0 Å². The van der Waals surface area contributed by atoms with E-state index >= 15 is 0 Å². The molecule has 140 valence electrons. The summed E-state index contributed by atoms with van der Waals surface area (Å²) in [4.78, 5) is 26.1. The van der Waals surface area contributed by atoms with E-state index in [0.717, 1.165) is 15.6 Å². The Hall–Kier alpha value is -2.25. The van der Waals surface area contributed by atoms with Gasteiger partial charge in [-0.15, -0.1) is 0 Å². The van der Waals surface area contributed by atoms with E-state index in [4.69, 9.17) is 4.74 Å². The molecule has 2 aromatic carbocycles. The van der Waals surface area contributed by atoms with Crippen molar-refractivity contribution in [2.45, 2.75) is 18.9 Å². The first-order valence-electron chi connectivity index (χ1n) is 8.80. The van der Waals surface area contributed by atoms with Crippen LogP contribution in [-0.2, 0) is 16.0 Å². The fourth-order valence-corrected chi connectivity index (χ4v) is 4.03. The first-order valence-corrected chi connectivity index (χ1v) is 9.60. The van der Waals surface area contributed by atoms with Gasteiger partial charge in [0.2, 0.25) is 5.91 Å². The molecule has 1 atom stereocenters.